The molecule has 1 aliphatic heterocycles. The maximum absolute atomic E-state index is 12.8. The van der Waals surface area contributed by atoms with Crippen LogP contribution in [0.5, 0.6) is 0 Å². The Morgan fingerprint density at radius 1 is 1.14 bits per heavy atom. The van der Waals surface area contributed by atoms with Crippen LogP contribution >= 0.6 is 11.3 Å². The minimum Gasteiger partial charge on any atom is -0.400 e. The number of hydrogen-bond donors (Lipinski definition) is 2. The Hall–Kier alpha value is -3.57. The molecule has 1 aromatic carbocycles. The van der Waals surface area contributed by atoms with Crippen molar-refractivity contribution in [3.8, 4) is 0 Å². The molecule has 0 atom stereocenters. The van der Waals surface area contributed by atoms with E-state index in [-0.39, 0.29) is 17.9 Å². The third-order valence-electron chi connectivity index (χ3n) is 5.13. The molecule has 11 heteroatoms. The van der Waals surface area contributed by atoms with Gasteiger partial charge in [-0.1, -0.05) is 27.7 Å². The van der Waals surface area contributed by atoms with Crippen LogP contribution in [0.1, 0.15) is 73.5 Å². The molecule has 10 nitrogen and oxygen atoms in total. The van der Waals surface area contributed by atoms with Crippen molar-refractivity contribution < 1.29 is 19.6 Å². The lowest BCUT2D eigenvalue weighted by atomic mass is 10.1. The van der Waals surface area contributed by atoms with Crippen molar-refractivity contribution in [3.63, 3.8) is 0 Å². The lowest BCUT2D eigenvalue weighted by Crippen LogP contribution is -2.29. The highest BCUT2D eigenvalue weighted by atomic mass is 32.1. The zero-order valence-corrected chi connectivity index (χ0v) is 23.0. The molecular weight excluding hydrogens is 494 g/mol. The minimum absolute atomic E-state index is 0.159. The maximum Gasteiger partial charge on any atom is 0.287 e. The molecule has 0 saturated carbocycles. The van der Waals surface area contributed by atoms with E-state index >= 15 is 0 Å². The number of amides is 1. The van der Waals surface area contributed by atoms with Gasteiger partial charge < -0.3 is 19.9 Å². The number of piperidine rings is 1. The Labute approximate surface area is 222 Å². The largest absolute Gasteiger partial charge is 0.400 e. The minimum atomic E-state index is -0.521. The predicted molar refractivity (Wildman–Crippen MR) is 149 cm³/mol. The summed E-state index contributed by atoms with van der Waals surface area (Å²) in [6.07, 6.45) is 5.60. The fraction of sp³-hybridized carbons (Fsp3) is 0.423. The van der Waals surface area contributed by atoms with Crippen LogP contribution in [0.15, 0.2) is 41.9 Å². The van der Waals surface area contributed by atoms with E-state index in [1.807, 2.05) is 33.1 Å². The summed E-state index contributed by atoms with van der Waals surface area (Å²) in [4.78, 5) is 41.3. The second-order valence-electron chi connectivity index (χ2n) is 7.33. The highest BCUT2D eigenvalue weighted by Gasteiger charge is 2.21. The molecule has 4 rings (SSSR count). The van der Waals surface area contributed by atoms with Crippen LogP contribution in [0.25, 0.3) is 0 Å². The number of anilines is 2. The van der Waals surface area contributed by atoms with E-state index in [4.69, 9.17) is 5.11 Å². The number of aliphatic hydroxyl groups is 1. The Morgan fingerprint density at radius 2 is 1.76 bits per heavy atom. The predicted octanol–water partition coefficient (Wildman–Crippen LogP) is 5.62. The van der Waals surface area contributed by atoms with E-state index in [9.17, 15) is 19.7 Å². The Bertz CT molecular complexity index is 1110. The molecule has 1 amide bonds. The molecule has 1 saturated heterocycles. The van der Waals surface area contributed by atoms with Crippen LogP contribution in [0.3, 0.4) is 0 Å². The number of thiazole rings is 1. The summed E-state index contributed by atoms with van der Waals surface area (Å²) >= 11 is 1.55. The molecule has 1 fully saturated rings. The van der Waals surface area contributed by atoms with Crippen LogP contribution in [-0.4, -0.2) is 52.0 Å². The number of rotatable bonds is 7. The summed E-state index contributed by atoms with van der Waals surface area (Å²) < 4.78 is 1.54. The van der Waals surface area contributed by atoms with Crippen molar-refractivity contribution >= 4 is 40.0 Å². The number of nitro groups is 1. The van der Waals surface area contributed by atoms with E-state index in [1.165, 1.54) is 18.7 Å². The van der Waals surface area contributed by atoms with Crippen molar-refractivity contribution in [1.82, 2.24) is 9.55 Å². The molecule has 3 heterocycles. The SMILES string of the molecule is CC.CC.CO.O=Cc1ccc(NC(=O)c2cc([N+](=O)[O-])cn2Cc2csc(N3CCCCC3)n2)cc1. The molecule has 0 unspecified atom stereocenters. The molecular formula is C26H37N5O5S. The molecule has 1 aliphatic rings. The van der Waals surface area contributed by atoms with Gasteiger partial charge in [0.25, 0.3) is 11.6 Å². The van der Waals surface area contributed by atoms with E-state index in [0.29, 0.717) is 17.5 Å². The lowest BCUT2D eigenvalue weighted by Gasteiger charge is -2.25. The van der Waals surface area contributed by atoms with Crippen LogP contribution in [0.4, 0.5) is 16.5 Å². The first-order chi connectivity index (χ1) is 18.0. The molecule has 0 spiro atoms. The van der Waals surface area contributed by atoms with Gasteiger partial charge in [-0.25, -0.2) is 4.98 Å². The fourth-order valence-corrected chi connectivity index (χ4v) is 4.40. The number of nitrogens with one attached hydrogen (secondary N) is 1. The third kappa shape index (κ3) is 9.10. The van der Waals surface area contributed by atoms with Gasteiger partial charge in [-0.3, -0.25) is 19.7 Å². The van der Waals surface area contributed by atoms with Gasteiger partial charge in [-0.2, -0.15) is 0 Å². The topological polar surface area (TPSA) is 131 Å². The average Bonchev–Trinajstić information content (AvgIpc) is 3.61. The summed E-state index contributed by atoms with van der Waals surface area (Å²) in [5.74, 6) is -0.474. The van der Waals surface area contributed by atoms with Crippen molar-refractivity contribution in [2.24, 2.45) is 0 Å². The van der Waals surface area contributed by atoms with Gasteiger partial charge in [0.05, 0.1) is 23.4 Å². The average molecular weight is 532 g/mol. The fourth-order valence-electron chi connectivity index (χ4n) is 3.53. The molecule has 2 N–H and O–H groups in total. The maximum atomic E-state index is 12.8. The first-order valence-corrected chi connectivity index (χ1v) is 13.3. The number of nitrogens with zero attached hydrogens (tertiary/aromatic N) is 4. The quantitative estimate of drug-likeness (QED) is 0.230. The smallest absolute Gasteiger partial charge is 0.287 e. The lowest BCUT2D eigenvalue weighted by molar-refractivity contribution is -0.384. The van der Waals surface area contributed by atoms with Gasteiger partial charge in [-0.15, -0.1) is 11.3 Å². The number of benzene rings is 1. The Morgan fingerprint density at radius 3 is 2.32 bits per heavy atom. The van der Waals surface area contributed by atoms with Gasteiger partial charge in [0, 0.05) is 42.9 Å². The van der Waals surface area contributed by atoms with E-state index < -0.39 is 10.8 Å². The second kappa shape index (κ2) is 17.0. The van der Waals surface area contributed by atoms with Crippen molar-refractivity contribution in [2.45, 2.75) is 53.5 Å². The van der Waals surface area contributed by atoms with Crippen LogP contribution < -0.4 is 10.2 Å². The number of aromatic nitrogens is 2. The van der Waals surface area contributed by atoms with Crippen LogP contribution in [0, 0.1) is 10.1 Å². The zero-order valence-electron chi connectivity index (χ0n) is 22.1. The first kappa shape index (κ1) is 31.5. The molecule has 3 aromatic rings. The van der Waals surface area contributed by atoms with Gasteiger partial charge in [0.1, 0.15) is 12.0 Å². The molecule has 202 valence electrons. The third-order valence-corrected chi connectivity index (χ3v) is 6.08. The van der Waals surface area contributed by atoms with Crippen molar-refractivity contribution in [2.75, 3.05) is 30.4 Å². The van der Waals surface area contributed by atoms with Crippen molar-refractivity contribution in [3.05, 3.63) is 69.0 Å². The normalized spacial score (nSPS) is 12.0. The zero-order chi connectivity index (χ0) is 27.8. The van der Waals surface area contributed by atoms with Gasteiger partial charge >= 0.3 is 0 Å². The summed E-state index contributed by atoms with van der Waals surface area (Å²) in [5.41, 5.74) is 1.74. The molecule has 2 aromatic heterocycles. The first-order valence-electron chi connectivity index (χ1n) is 12.4. The van der Waals surface area contributed by atoms with Crippen LogP contribution in [-0.2, 0) is 6.54 Å². The highest BCUT2D eigenvalue weighted by Crippen LogP contribution is 2.26. The number of aldehydes is 1. The summed E-state index contributed by atoms with van der Waals surface area (Å²) in [6.45, 7) is 10.2. The standard InChI is InChI=1S/C21H21N5O4S.2C2H6.CH4O/c27-13-15-4-6-16(7-5-15)22-20(28)19-10-18(26(29)30)12-25(19)11-17-14-31-21(23-17)24-8-2-1-3-9-24;3*1-2/h4-7,10,12-14H,1-3,8-9,11H2,(H,22,28);2*1-2H3;2H,1H3. The molecule has 0 aliphatic carbocycles. The number of hydrogen-bond acceptors (Lipinski definition) is 8. The number of carbonyl (C=O) groups is 2. The van der Waals surface area contributed by atoms with Crippen molar-refractivity contribution in [1.29, 1.82) is 0 Å². The van der Waals surface area contributed by atoms with E-state index in [1.54, 1.807) is 40.2 Å². The molecule has 0 radical (unpaired) electrons. The summed E-state index contributed by atoms with van der Waals surface area (Å²) in [7, 11) is 1.00. The van der Waals surface area contributed by atoms with E-state index in [0.717, 1.165) is 43.9 Å². The highest BCUT2D eigenvalue weighted by molar-refractivity contribution is 7.13. The second-order valence-corrected chi connectivity index (χ2v) is 8.17. The monoisotopic (exact) mass is 531 g/mol. The van der Waals surface area contributed by atoms with Gasteiger partial charge in [0.2, 0.25) is 0 Å². The number of carbonyl (C=O) groups excluding carboxylic acids is 2. The van der Waals surface area contributed by atoms with Gasteiger partial charge in [-0.05, 0) is 43.5 Å². The molecule has 0 bridgehead atoms. The van der Waals surface area contributed by atoms with Gasteiger partial charge in [0.15, 0.2) is 5.13 Å². The molecule has 37 heavy (non-hydrogen) atoms. The number of aliphatic hydroxyl groups excluding tert-OH is 1. The summed E-state index contributed by atoms with van der Waals surface area (Å²) in [6, 6.07) is 7.64. The van der Waals surface area contributed by atoms with E-state index in [2.05, 4.69) is 15.2 Å². The van der Waals surface area contributed by atoms with Crippen LogP contribution in [0.2, 0.25) is 0 Å². The summed E-state index contributed by atoms with van der Waals surface area (Å²) in [5, 5.41) is 23.9. The Kier molecular flexibility index (Phi) is 14.4. The Balaban J connectivity index is 0.00000106.